The molecular formula is C27H34N4O5. The van der Waals surface area contributed by atoms with Gasteiger partial charge in [-0.05, 0) is 49.4 Å². The molecule has 3 atom stereocenters. The molecule has 0 aliphatic heterocycles. The maximum Gasteiger partial charge on any atom is 0.326 e. The second-order valence-corrected chi connectivity index (χ2v) is 8.88. The second-order valence-electron chi connectivity index (χ2n) is 8.88. The summed E-state index contributed by atoms with van der Waals surface area (Å²) < 4.78 is 0. The zero-order valence-corrected chi connectivity index (χ0v) is 20.2. The maximum absolute atomic E-state index is 13.2. The number of hydrogen-bond donors (Lipinski definition) is 6. The lowest BCUT2D eigenvalue weighted by Crippen LogP contribution is -2.54. The van der Waals surface area contributed by atoms with E-state index in [1.54, 1.807) is 6.20 Å². The third-order valence-electron chi connectivity index (χ3n) is 6.24. The number of carboxylic acids is 2. The molecule has 0 saturated heterocycles. The number of unbranched alkanes of at least 4 members (excludes halogenated alkanes) is 1. The number of aromatic nitrogens is 1. The van der Waals surface area contributed by atoms with Gasteiger partial charge in [0.1, 0.15) is 12.1 Å². The number of carboxylic acid groups (broad SMARTS) is 2. The summed E-state index contributed by atoms with van der Waals surface area (Å²) in [6.07, 6.45) is 4.28. The van der Waals surface area contributed by atoms with Crippen molar-refractivity contribution in [3.8, 4) is 0 Å². The fourth-order valence-corrected chi connectivity index (χ4v) is 4.25. The Hall–Kier alpha value is -3.69. The third-order valence-corrected chi connectivity index (χ3v) is 6.24. The van der Waals surface area contributed by atoms with E-state index in [1.807, 2.05) is 54.6 Å². The number of nitrogens with one attached hydrogen (secondary N) is 3. The summed E-state index contributed by atoms with van der Waals surface area (Å²) in [7, 11) is 0. The predicted octanol–water partition coefficient (Wildman–Crippen LogP) is 2.45. The van der Waals surface area contributed by atoms with Crippen molar-refractivity contribution >= 4 is 28.7 Å². The van der Waals surface area contributed by atoms with Gasteiger partial charge in [-0.2, -0.15) is 0 Å². The molecule has 2 aromatic carbocycles. The first kappa shape index (κ1) is 26.9. The van der Waals surface area contributed by atoms with Crippen LogP contribution in [0.4, 0.5) is 0 Å². The standard InChI is InChI=1S/C27H34N4O5/c28-15-7-6-12-22(30-23(26(33)34)14-13-18-8-2-1-3-9-18)25(32)31-24(27(35)36)16-19-17-29-21-11-5-4-10-20(19)21/h1-5,8-11,17,22-24,29-30H,6-7,12-16,28H2,(H,31,32)(H,33,34)(H,35,36)/t22-,23?,24?/m0/s1. The highest BCUT2D eigenvalue weighted by Crippen LogP contribution is 2.19. The van der Waals surface area contributed by atoms with Crippen LogP contribution >= 0.6 is 0 Å². The Morgan fingerprint density at radius 1 is 0.861 bits per heavy atom. The molecule has 2 unspecified atom stereocenters. The van der Waals surface area contributed by atoms with Gasteiger partial charge in [0.15, 0.2) is 0 Å². The van der Waals surface area contributed by atoms with E-state index < -0.39 is 36.0 Å². The SMILES string of the molecule is NCCCC[C@H](NC(CCc1ccccc1)C(=O)O)C(=O)NC(Cc1c[nH]c2ccccc12)C(=O)O. The number of nitrogens with two attached hydrogens (primary N) is 1. The zero-order chi connectivity index (χ0) is 25.9. The summed E-state index contributed by atoms with van der Waals surface area (Å²) in [5, 5.41) is 26.1. The van der Waals surface area contributed by atoms with Crippen molar-refractivity contribution in [3.05, 3.63) is 71.9 Å². The van der Waals surface area contributed by atoms with Crippen LogP contribution in [0.1, 0.15) is 36.8 Å². The fraction of sp³-hybridized carbons (Fsp3) is 0.370. The summed E-state index contributed by atoms with van der Waals surface area (Å²) in [6.45, 7) is 0.447. The van der Waals surface area contributed by atoms with Gasteiger partial charge in [-0.3, -0.25) is 14.9 Å². The lowest BCUT2D eigenvalue weighted by Gasteiger charge is -2.25. The summed E-state index contributed by atoms with van der Waals surface area (Å²) in [6, 6.07) is 14.1. The van der Waals surface area contributed by atoms with Crippen molar-refractivity contribution in [1.29, 1.82) is 0 Å². The quantitative estimate of drug-likeness (QED) is 0.177. The number of fused-ring (bicyclic) bond motifs is 1. The van der Waals surface area contributed by atoms with Gasteiger partial charge in [0.05, 0.1) is 6.04 Å². The minimum absolute atomic E-state index is 0.0942. The van der Waals surface area contributed by atoms with Crippen molar-refractivity contribution in [3.63, 3.8) is 0 Å². The van der Waals surface area contributed by atoms with Crippen LogP contribution in [0.2, 0.25) is 0 Å². The van der Waals surface area contributed by atoms with Crippen LogP contribution in [0.3, 0.4) is 0 Å². The first-order chi connectivity index (χ1) is 17.4. The van der Waals surface area contributed by atoms with Crippen LogP contribution in [-0.4, -0.2) is 57.7 Å². The number of aliphatic carboxylic acids is 2. The van der Waals surface area contributed by atoms with Crippen LogP contribution in [0.5, 0.6) is 0 Å². The zero-order valence-electron chi connectivity index (χ0n) is 20.2. The molecule has 0 aliphatic rings. The van der Waals surface area contributed by atoms with E-state index in [4.69, 9.17) is 5.73 Å². The van der Waals surface area contributed by atoms with E-state index in [1.165, 1.54) is 0 Å². The van der Waals surface area contributed by atoms with Crippen LogP contribution in [0.25, 0.3) is 10.9 Å². The van der Waals surface area contributed by atoms with Crippen molar-refractivity contribution in [2.24, 2.45) is 5.73 Å². The molecule has 0 radical (unpaired) electrons. The van der Waals surface area contributed by atoms with Gasteiger partial charge in [-0.1, -0.05) is 55.0 Å². The number of aromatic amines is 1. The molecule has 9 nitrogen and oxygen atoms in total. The summed E-state index contributed by atoms with van der Waals surface area (Å²) >= 11 is 0. The molecule has 0 saturated carbocycles. The van der Waals surface area contributed by atoms with Gasteiger partial charge in [0, 0.05) is 23.5 Å². The molecule has 3 rings (SSSR count). The summed E-state index contributed by atoms with van der Waals surface area (Å²) in [5.41, 5.74) is 8.25. The molecule has 0 spiro atoms. The van der Waals surface area contributed by atoms with Crippen LogP contribution in [0.15, 0.2) is 60.8 Å². The molecule has 1 amide bonds. The molecule has 1 aromatic heterocycles. The topological polar surface area (TPSA) is 158 Å². The Labute approximate surface area is 210 Å². The highest BCUT2D eigenvalue weighted by atomic mass is 16.4. The monoisotopic (exact) mass is 494 g/mol. The lowest BCUT2D eigenvalue weighted by molar-refractivity contribution is -0.143. The molecule has 0 aliphatic carbocycles. The average Bonchev–Trinajstić information content (AvgIpc) is 3.28. The molecule has 36 heavy (non-hydrogen) atoms. The molecule has 1 heterocycles. The molecule has 3 aromatic rings. The number of rotatable bonds is 15. The molecule has 0 fully saturated rings. The van der Waals surface area contributed by atoms with Gasteiger partial charge < -0.3 is 26.2 Å². The maximum atomic E-state index is 13.2. The summed E-state index contributed by atoms with van der Waals surface area (Å²) in [5.74, 6) is -2.76. The Kier molecular flexibility index (Phi) is 10.0. The summed E-state index contributed by atoms with van der Waals surface area (Å²) in [4.78, 5) is 40.3. The van der Waals surface area contributed by atoms with Crippen LogP contribution in [-0.2, 0) is 27.2 Å². The Balaban J connectivity index is 1.71. The molecule has 0 bridgehead atoms. The highest BCUT2D eigenvalue weighted by Gasteiger charge is 2.29. The number of carbonyl (C=O) groups excluding carboxylic acids is 1. The lowest BCUT2D eigenvalue weighted by atomic mass is 10.0. The van der Waals surface area contributed by atoms with E-state index in [0.717, 1.165) is 22.0 Å². The number of para-hydroxylation sites is 1. The first-order valence-electron chi connectivity index (χ1n) is 12.2. The highest BCUT2D eigenvalue weighted by molar-refractivity contribution is 5.89. The van der Waals surface area contributed by atoms with Crippen molar-refractivity contribution in [2.45, 2.75) is 56.7 Å². The van der Waals surface area contributed by atoms with E-state index in [2.05, 4.69) is 15.6 Å². The van der Waals surface area contributed by atoms with Gasteiger partial charge >= 0.3 is 11.9 Å². The van der Waals surface area contributed by atoms with Crippen molar-refractivity contribution in [2.75, 3.05) is 6.54 Å². The van der Waals surface area contributed by atoms with Crippen LogP contribution in [0, 0.1) is 0 Å². The van der Waals surface area contributed by atoms with E-state index in [-0.39, 0.29) is 12.8 Å². The second kappa shape index (κ2) is 13.4. The predicted molar refractivity (Wildman–Crippen MR) is 138 cm³/mol. The Bertz CT molecular complexity index is 1150. The Morgan fingerprint density at radius 2 is 1.56 bits per heavy atom. The number of hydrogen-bond acceptors (Lipinski definition) is 5. The minimum atomic E-state index is -1.16. The third kappa shape index (κ3) is 7.66. The van der Waals surface area contributed by atoms with E-state index in [9.17, 15) is 24.6 Å². The van der Waals surface area contributed by atoms with Crippen molar-refractivity contribution < 1.29 is 24.6 Å². The normalized spacial score (nSPS) is 13.7. The number of amides is 1. The molecule has 192 valence electrons. The largest absolute Gasteiger partial charge is 0.480 e. The Morgan fingerprint density at radius 3 is 2.25 bits per heavy atom. The number of benzene rings is 2. The first-order valence-corrected chi connectivity index (χ1v) is 12.2. The average molecular weight is 495 g/mol. The number of H-pyrrole nitrogens is 1. The van der Waals surface area contributed by atoms with Crippen molar-refractivity contribution in [1.82, 2.24) is 15.6 Å². The van der Waals surface area contributed by atoms with E-state index >= 15 is 0 Å². The smallest absolute Gasteiger partial charge is 0.326 e. The number of aryl methyl sites for hydroxylation is 1. The molecule has 9 heteroatoms. The fourth-order valence-electron chi connectivity index (χ4n) is 4.25. The molecular weight excluding hydrogens is 460 g/mol. The van der Waals surface area contributed by atoms with Crippen LogP contribution < -0.4 is 16.4 Å². The molecule has 7 N–H and O–H groups in total. The van der Waals surface area contributed by atoms with E-state index in [0.29, 0.717) is 32.2 Å². The van der Waals surface area contributed by atoms with Gasteiger partial charge in [0.25, 0.3) is 0 Å². The van der Waals surface area contributed by atoms with Gasteiger partial charge in [0.2, 0.25) is 5.91 Å². The number of carbonyl (C=O) groups is 3. The minimum Gasteiger partial charge on any atom is -0.480 e. The van der Waals surface area contributed by atoms with Gasteiger partial charge in [-0.15, -0.1) is 0 Å². The van der Waals surface area contributed by atoms with Gasteiger partial charge in [-0.25, -0.2) is 4.79 Å².